The summed E-state index contributed by atoms with van der Waals surface area (Å²) in [5.74, 6) is 1.58. The molecule has 0 aliphatic heterocycles. The fourth-order valence-corrected chi connectivity index (χ4v) is 6.54. The van der Waals surface area contributed by atoms with E-state index in [0.717, 1.165) is 6.54 Å². The van der Waals surface area contributed by atoms with Crippen LogP contribution in [0.25, 0.3) is 0 Å². The number of hydrogen-bond acceptors (Lipinski definition) is 0. The molecule has 0 saturated heterocycles. The Morgan fingerprint density at radius 1 is 0.476 bits per heavy atom. The first-order valence-corrected chi connectivity index (χ1v) is 19.0. The summed E-state index contributed by atoms with van der Waals surface area (Å²) < 4.78 is 5.19. The first kappa shape index (κ1) is 36.6. The second-order valence-corrected chi connectivity index (χ2v) is 13.2. The van der Waals surface area contributed by atoms with E-state index in [-0.39, 0.29) is 0 Å². The smallest absolute Gasteiger partial charge is 0.234 e. The zero-order valence-corrected chi connectivity index (χ0v) is 28.4. The molecule has 2 nitrogen and oxygen atoms in total. The minimum atomic E-state index is 1.15. The maximum atomic E-state index is 2.61. The van der Waals surface area contributed by atoms with Crippen LogP contribution >= 0.6 is 0 Å². The first-order valence-electron chi connectivity index (χ1n) is 19.0. The topological polar surface area (TPSA) is 8.81 Å². The number of rotatable bonds is 30. The number of aryl methyl sites for hydroxylation is 3. The monoisotopic (exact) mass is 580 g/mol. The summed E-state index contributed by atoms with van der Waals surface area (Å²) in [6, 6.07) is 11.0. The van der Waals surface area contributed by atoms with Gasteiger partial charge < -0.3 is 0 Å². The summed E-state index contributed by atoms with van der Waals surface area (Å²) in [6.45, 7) is 6.97. The average Bonchev–Trinajstić information content (AvgIpc) is 3.39. The Morgan fingerprint density at radius 2 is 0.929 bits per heavy atom. The molecule has 240 valence electrons. The number of hydrogen-bond donors (Lipinski definition) is 0. The molecule has 0 bridgehead atoms. The van der Waals surface area contributed by atoms with E-state index in [1.807, 2.05) is 0 Å². The molecule has 42 heavy (non-hydrogen) atoms. The lowest BCUT2D eigenvalue weighted by Crippen LogP contribution is -2.37. The Bertz CT molecular complexity index is 823. The van der Waals surface area contributed by atoms with Crippen molar-refractivity contribution in [3.8, 4) is 0 Å². The quantitative estimate of drug-likeness (QED) is 0.0643. The van der Waals surface area contributed by atoms with Crippen molar-refractivity contribution in [2.45, 2.75) is 200 Å². The molecule has 2 aromatic rings. The molecule has 0 atom stereocenters. The van der Waals surface area contributed by atoms with Crippen LogP contribution in [0, 0.1) is 0 Å². The van der Waals surface area contributed by atoms with Gasteiger partial charge in [-0.05, 0) is 37.7 Å². The zero-order valence-electron chi connectivity index (χ0n) is 28.4. The SMILES string of the molecule is CCCCCCCCCCCCCCCCCn1cc[n+](CCCc2ccccc2)c1CCCCCCCCCCC. The molecule has 0 spiro atoms. The lowest BCUT2D eigenvalue weighted by Gasteiger charge is -2.07. The van der Waals surface area contributed by atoms with Gasteiger partial charge in [-0.15, -0.1) is 0 Å². The van der Waals surface area contributed by atoms with E-state index in [4.69, 9.17) is 0 Å². The van der Waals surface area contributed by atoms with Crippen LogP contribution in [0.1, 0.15) is 186 Å². The molecule has 0 aliphatic rings. The molecule has 0 amide bonds. The van der Waals surface area contributed by atoms with Crippen molar-refractivity contribution < 1.29 is 4.57 Å². The maximum absolute atomic E-state index is 2.61. The predicted octanol–water partition coefficient (Wildman–Crippen LogP) is 12.4. The minimum absolute atomic E-state index is 1.15. The van der Waals surface area contributed by atoms with Crippen LogP contribution < -0.4 is 4.57 Å². The molecule has 1 aromatic heterocycles. The Kier molecular flexibility index (Phi) is 23.6. The number of nitrogens with zero attached hydrogens (tertiary/aromatic N) is 2. The van der Waals surface area contributed by atoms with E-state index < -0.39 is 0 Å². The Balaban J connectivity index is 1.62. The van der Waals surface area contributed by atoms with Crippen molar-refractivity contribution in [3.63, 3.8) is 0 Å². The molecular weight excluding hydrogens is 508 g/mol. The molecule has 0 saturated carbocycles. The summed E-state index contributed by atoms with van der Waals surface area (Å²) in [7, 11) is 0. The summed E-state index contributed by atoms with van der Waals surface area (Å²) in [6.07, 6.45) is 42.6. The number of benzene rings is 1. The largest absolute Gasteiger partial charge is 0.256 e. The standard InChI is InChI=1S/C40H71N2/c1-3-5-7-9-11-13-14-15-16-17-18-20-22-24-29-35-41-37-38-42(36-30-33-39-31-26-25-27-32-39)40(41)34-28-23-21-19-12-10-8-6-4-2/h25-27,31-32,37-38H,3-24,28-30,33-36H2,1-2H3/q+1. The highest BCUT2D eigenvalue weighted by atomic mass is 15.1. The van der Waals surface area contributed by atoms with Crippen LogP contribution in [0.15, 0.2) is 42.7 Å². The van der Waals surface area contributed by atoms with Gasteiger partial charge in [-0.1, -0.05) is 179 Å². The maximum Gasteiger partial charge on any atom is 0.256 e. The summed E-state index contributed by atoms with van der Waals surface area (Å²) in [4.78, 5) is 0. The van der Waals surface area contributed by atoms with Crippen molar-refractivity contribution in [1.82, 2.24) is 4.57 Å². The Labute approximate surface area is 263 Å². The molecule has 1 heterocycles. The minimum Gasteiger partial charge on any atom is -0.234 e. The highest BCUT2D eigenvalue weighted by Crippen LogP contribution is 2.15. The van der Waals surface area contributed by atoms with Crippen LogP contribution in [-0.4, -0.2) is 4.57 Å². The van der Waals surface area contributed by atoms with Crippen LogP contribution in [0.4, 0.5) is 0 Å². The van der Waals surface area contributed by atoms with E-state index >= 15 is 0 Å². The summed E-state index contributed by atoms with van der Waals surface area (Å²) in [5.41, 5.74) is 1.47. The van der Waals surface area contributed by atoms with Crippen molar-refractivity contribution in [2.24, 2.45) is 0 Å². The van der Waals surface area contributed by atoms with Crippen LogP contribution in [-0.2, 0) is 25.9 Å². The molecule has 2 heteroatoms. The van der Waals surface area contributed by atoms with Gasteiger partial charge in [0.25, 0.3) is 5.82 Å². The van der Waals surface area contributed by atoms with E-state index in [9.17, 15) is 0 Å². The van der Waals surface area contributed by atoms with Crippen LogP contribution in [0.3, 0.4) is 0 Å². The highest BCUT2D eigenvalue weighted by molar-refractivity contribution is 5.14. The third-order valence-electron chi connectivity index (χ3n) is 9.30. The molecule has 0 unspecified atom stereocenters. The van der Waals surface area contributed by atoms with Gasteiger partial charge in [0.05, 0.1) is 13.1 Å². The van der Waals surface area contributed by atoms with Gasteiger partial charge in [0.15, 0.2) is 0 Å². The molecule has 0 fully saturated rings. The molecule has 2 rings (SSSR count). The van der Waals surface area contributed by atoms with Gasteiger partial charge in [0, 0.05) is 6.42 Å². The Hall–Kier alpha value is -1.57. The third-order valence-corrected chi connectivity index (χ3v) is 9.30. The van der Waals surface area contributed by atoms with E-state index in [1.165, 1.54) is 185 Å². The van der Waals surface area contributed by atoms with E-state index in [2.05, 4.69) is 65.7 Å². The fraction of sp³-hybridized carbons (Fsp3) is 0.775. The second kappa shape index (κ2) is 27.0. The molecule has 0 N–H and O–H groups in total. The number of unbranched alkanes of at least 4 members (excludes halogenated alkanes) is 22. The van der Waals surface area contributed by atoms with Crippen LogP contribution in [0.2, 0.25) is 0 Å². The number of aromatic nitrogens is 2. The summed E-state index contributed by atoms with van der Waals surface area (Å²) >= 11 is 0. The predicted molar refractivity (Wildman–Crippen MR) is 185 cm³/mol. The summed E-state index contributed by atoms with van der Waals surface area (Å²) in [5, 5.41) is 0. The van der Waals surface area contributed by atoms with Gasteiger partial charge >= 0.3 is 0 Å². The third kappa shape index (κ3) is 18.9. The van der Waals surface area contributed by atoms with Crippen LogP contribution in [0.5, 0.6) is 0 Å². The molecule has 0 radical (unpaired) electrons. The van der Waals surface area contributed by atoms with Gasteiger partial charge in [-0.25, -0.2) is 9.13 Å². The lowest BCUT2D eigenvalue weighted by atomic mass is 10.0. The van der Waals surface area contributed by atoms with Crippen molar-refractivity contribution in [1.29, 1.82) is 0 Å². The van der Waals surface area contributed by atoms with Gasteiger partial charge in [-0.3, -0.25) is 0 Å². The average molecular weight is 580 g/mol. The van der Waals surface area contributed by atoms with Crippen molar-refractivity contribution >= 4 is 0 Å². The van der Waals surface area contributed by atoms with E-state index in [1.54, 1.807) is 5.82 Å². The lowest BCUT2D eigenvalue weighted by molar-refractivity contribution is -0.704. The van der Waals surface area contributed by atoms with Gasteiger partial charge in [0.1, 0.15) is 12.4 Å². The molecule has 1 aromatic carbocycles. The van der Waals surface area contributed by atoms with Crippen molar-refractivity contribution in [3.05, 3.63) is 54.1 Å². The van der Waals surface area contributed by atoms with Crippen molar-refractivity contribution in [2.75, 3.05) is 0 Å². The van der Waals surface area contributed by atoms with E-state index in [0.29, 0.717) is 0 Å². The first-order chi connectivity index (χ1) is 20.8. The number of imidazole rings is 1. The highest BCUT2D eigenvalue weighted by Gasteiger charge is 2.16. The fourth-order valence-electron chi connectivity index (χ4n) is 6.54. The second-order valence-electron chi connectivity index (χ2n) is 13.2. The molecular formula is C40H71N2+. The zero-order chi connectivity index (χ0) is 29.8. The normalized spacial score (nSPS) is 11.5. The Morgan fingerprint density at radius 3 is 1.43 bits per heavy atom. The van der Waals surface area contributed by atoms with Gasteiger partial charge in [-0.2, -0.15) is 0 Å². The van der Waals surface area contributed by atoms with Gasteiger partial charge in [0.2, 0.25) is 0 Å². The molecule has 0 aliphatic carbocycles.